The molecule has 0 saturated heterocycles. The van der Waals surface area contributed by atoms with Crippen molar-refractivity contribution in [3.8, 4) is 5.75 Å². The van der Waals surface area contributed by atoms with E-state index in [-0.39, 0.29) is 12.4 Å². The van der Waals surface area contributed by atoms with Gasteiger partial charge in [0, 0.05) is 22.2 Å². The van der Waals surface area contributed by atoms with Gasteiger partial charge in [-0.3, -0.25) is 0 Å². The van der Waals surface area contributed by atoms with E-state index in [0.29, 0.717) is 27.7 Å². The summed E-state index contributed by atoms with van der Waals surface area (Å²) in [5.41, 5.74) is 1.76. The maximum absolute atomic E-state index is 13.1. The number of aliphatic hydroxyl groups excluding tert-OH is 1. The molecule has 3 rings (SSSR count). The van der Waals surface area contributed by atoms with Crippen molar-refractivity contribution in [2.45, 2.75) is 13.5 Å². The van der Waals surface area contributed by atoms with Crippen molar-refractivity contribution in [2.24, 2.45) is 0 Å². The van der Waals surface area contributed by atoms with Gasteiger partial charge in [0.15, 0.2) is 17.4 Å². The van der Waals surface area contributed by atoms with Crippen molar-refractivity contribution in [2.75, 3.05) is 11.9 Å². The molecule has 2 heterocycles. The number of aliphatic hydroxyl groups is 1. The first-order chi connectivity index (χ1) is 13.6. The van der Waals surface area contributed by atoms with E-state index in [4.69, 9.17) is 17.0 Å². The average Bonchev–Trinajstić information content (AvgIpc) is 3.25. The predicted octanol–water partition coefficient (Wildman–Crippen LogP) is 3.05. The zero-order valence-electron chi connectivity index (χ0n) is 15.3. The van der Waals surface area contributed by atoms with Crippen molar-refractivity contribution in [1.29, 1.82) is 0 Å². The highest BCUT2D eigenvalue weighted by atomic mass is 32.1. The molecule has 3 aromatic rings. The maximum atomic E-state index is 13.1. The van der Waals surface area contributed by atoms with Gasteiger partial charge in [-0.05, 0) is 54.5 Å². The van der Waals surface area contributed by atoms with Crippen LogP contribution >= 0.6 is 23.6 Å². The van der Waals surface area contributed by atoms with Crippen LogP contribution in [0.15, 0.2) is 66.3 Å². The van der Waals surface area contributed by atoms with Crippen LogP contribution in [-0.2, 0) is 6.61 Å². The van der Waals surface area contributed by atoms with Crippen molar-refractivity contribution in [1.82, 2.24) is 0 Å². The van der Waals surface area contributed by atoms with Crippen LogP contribution in [0, 0.1) is 0 Å². The molecule has 0 unspecified atom stereocenters. The van der Waals surface area contributed by atoms with Crippen LogP contribution in [0.1, 0.15) is 17.4 Å². The molecule has 28 heavy (non-hydrogen) atoms. The fourth-order valence-electron chi connectivity index (χ4n) is 2.61. The summed E-state index contributed by atoms with van der Waals surface area (Å²) < 4.78 is 7.10. The predicted molar refractivity (Wildman–Crippen MR) is 114 cm³/mol. The van der Waals surface area contributed by atoms with E-state index < -0.39 is 0 Å². The van der Waals surface area contributed by atoms with Gasteiger partial charge in [0.25, 0.3) is 0 Å². The SMILES string of the molecule is CCOc1ccc(NC(=S)C(=C([O-])c2cccs2)[n+]2cccc(CO)c2)cc1. The Morgan fingerprint density at radius 2 is 2.00 bits per heavy atom. The third-order valence-corrected chi connectivity index (χ3v) is 5.07. The molecule has 2 N–H and O–H groups in total. The second-order valence-electron chi connectivity index (χ2n) is 5.84. The summed E-state index contributed by atoms with van der Waals surface area (Å²) in [6.45, 7) is 2.40. The molecule has 1 aromatic carbocycles. The monoisotopic (exact) mass is 412 g/mol. The third kappa shape index (κ3) is 4.75. The molecule has 0 fully saturated rings. The highest BCUT2D eigenvalue weighted by Crippen LogP contribution is 2.22. The molecule has 0 saturated carbocycles. The number of aromatic nitrogens is 1. The second-order valence-corrected chi connectivity index (χ2v) is 7.20. The Balaban J connectivity index is 1.96. The summed E-state index contributed by atoms with van der Waals surface area (Å²) in [7, 11) is 0. The molecule has 0 aliphatic carbocycles. The Morgan fingerprint density at radius 3 is 2.64 bits per heavy atom. The van der Waals surface area contributed by atoms with Crippen LogP contribution < -0.4 is 19.7 Å². The molecular formula is C21H20N2O3S2. The smallest absolute Gasteiger partial charge is 0.239 e. The average molecular weight is 413 g/mol. The van der Waals surface area contributed by atoms with Gasteiger partial charge >= 0.3 is 0 Å². The van der Waals surface area contributed by atoms with Crippen LogP contribution in [-0.4, -0.2) is 16.7 Å². The first-order valence-electron chi connectivity index (χ1n) is 8.73. The number of pyridine rings is 1. The van der Waals surface area contributed by atoms with E-state index in [1.807, 2.05) is 42.6 Å². The van der Waals surface area contributed by atoms with Crippen molar-refractivity contribution in [3.05, 3.63) is 76.7 Å². The van der Waals surface area contributed by atoms with Gasteiger partial charge in [-0.1, -0.05) is 18.3 Å². The summed E-state index contributed by atoms with van der Waals surface area (Å²) in [5, 5.41) is 27.5. The topological polar surface area (TPSA) is 68.4 Å². The molecule has 0 spiro atoms. The molecule has 5 nitrogen and oxygen atoms in total. The normalized spacial score (nSPS) is 11.6. The molecule has 0 aliphatic rings. The molecular weight excluding hydrogens is 392 g/mol. The molecule has 7 heteroatoms. The van der Waals surface area contributed by atoms with Gasteiger partial charge < -0.3 is 20.3 Å². The van der Waals surface area contributed by atoms with E-state index >= 15 is 0 Å². The number of benzene rings is 1. The van der Waals surface area contributed by atoms with E-state index in [1.165, 1.54) is 11.3 Å². The Hall–Kier alpha value is -2.74. The van der Waals surface area contributed by atoms with Crippen LogP contribution in [0.4, 0.5) is 5.69 Å². The van der Waals surface area contributed by atoms with E-state index in [2.05, 4.69) is 5.32 Å². The molecule has 144 valence electrons. The molecule has 0 bridgehead atoms. The zero-order chi connectivity index (χ0) is 19.9. The van der Waals surface area contributed by atoms with Crippen LogP contribution in [0.5, 0.6) is 5.75 Å². The number of nitrogens with one attached hydrogen (secondary N) is 1. The lowest BCUT2D eigenvalue weighted by atomic mass is 10.2. The summed E-state index contributed by atoms with van der Waals surface area (Å²) >= 11 is 6.93. The molecule has 0 amide bonds. The van der Waals surface area contributed by atoms with Crippen LogP contribution in [0.25, 0.3) is 11.5 Å². The van der Waals surface area contributed by atoms with Gasteiger partial charge in [0.1, 0.15) is 5.75 Å². The fraction of sp³-hybridized carbons (Fsp3) is 0.143. The van der Waals surface area contributed by atoms with Crippen molar-refractivity contribution < 1.29 is 19.5 Å². The first kappa shape index (κ1) is 20.0. The van der Waals surface area contributed by atoms with E-state index in [0.717, 1.165) is 11.4 Å². The summed E-state index contributed by atoms with van der Waals surface area (Å²) in [4.78, 5) is 0.885. The number of nitrogens with zero attached hydrogens (tertiary/aromatic N) is 1. The zero-order valence-corrected chi connectivity index (χ0v) is 16.9. The molecule has 0 atom stereocenters. The molecule has 0 aliphatic heterocycles. The van der Waals surface area contributed by atoms with Crippen LogP contribution in [0.2, 0.25) is 0 Å². The Bertz CT molecular complexity index is 968. The number of anilines is 1. The number of thiocarbonyl (C=S) groups is 1. The summed E-state index contributed by atoms with van der Waals surface area (Å²) in [5.74, 6) is 0.585. The lowest BCUT2D eigenvalue weighted by molar-refractivity contribution is -0.578. The highest BCUT2D eigenvalue weighted by molar-refractivity contribution is 7.81. The minimum atomic E-state index is -0.182. The number of thiophene rings is 1. The van der Waals surface area contributed by atoms with Gasteiger partial charge in [-0.15, -0.1) is 11.3 Å². The Labute approximate surface area is 173 Å². The Morgan fingerprint density at radius 1 is 1.21 bits per heavy atom. The van der Waals surface area contributed by atoms with Crippen LogP contribution in [0.3, 0.4) is 0 Å². The number of hydrogen-bond donors (Lipinski definition) is 2. The van der Waals surface area contributed by atoms with E-state index in [9.17, 15) is 10.2 Å². The Kier molecular flexibility index (Phi) is 6.76. The quantitative estimate of drug-likeness (QED) is 0.270. The van der Waals surface area contributed by atoms with Crippen molar-refractivity contribution in [3.63, 3.8) is 0 Å². The molecule has 2 aromatic heterocycles. The highest BCUT2D eigenvalue weighted by Gasteiger charge is 2.20. The third-order valence-electron chi connectivity index (χ3n) is 3.90. The summed E-state index contributed by atoms with van der Waals surface area (Å²) in [6.07, 6.45) is 3.44. The van der Waals surface area contributed by atoms with Gasteiger partial charge in [-0.25, -0.2) is 0 Å². The number of hydrogen-bond acceptors (Lipinski definition) is 5. The lowest BCUT2D eigenvalue weighted by Gasteiger charge is -2.16. The number of ether oxygens (including phenoxy) is 1. The fourth-order valence-corrected chi connectivity index (χ4v) is 3.59. The second kappa shape index (κ2) is 9.45. The van der Waals surface area contributed by atoms with Crippen molar-refractivity contribution >= 4 is 45.7 Å². The number of rotatable bonds is 7. The summed E-state index contributed by atoms with van der Waals surface area (Å²) in [6, 6.07) is 14.5. The molecule has 0 radical (unpaired) electrons. The van der Waals surface area contributed by atoms with Gasteiger partial charge in [0.2, 0.25) is 5.70 Å². The minimum Gasteiger partial charge on any atom is -0.867 e. The largest absolute Gasteiger partial charge is 0.867 e. The minimum absolute atomic E-state index is 0.125. The standard InChI is InChI=1S/C21H20N2O3S2/c1-2-26-17-9-7-16(8-10-17)22-21(27)19(20(25)18-6-4-12-28-18)23-11-3-5-15(13-23)14-24/h3-13,24H,2,14H2,1H3,(H-,22,25,27). The lowest BCUT2D eigenvalue weighted by Crippen LogP contribution is -2.40. The first-order valence-corrected chi connectivity index (χ1v) is 10.0. The van der Waals surface area contributed by atoms with Gasteiger partial charge in [0.05, 0.1) is 13.2 Å². The van der Waals surface area contributed by atoms with Gasteiger partial charge in [-0.2, -0.15) is 4.57 Å². The maximum Gasteiger partial charge on any atom is 0.239 e. The van der Waals surface area contributed by atoms with E-state index in [1.54, 1.807) is 35.2 Å².